The molecule has 32 heavy (non-hydrogen) atoms. The van der Waals surface area contributed by atoms with Gasteiger partial charge in [0.25, 0.3) is 11.1 Å². The van der Waals surface area contributed by atoms with Gasteiger partial charge in [0.1, 0.15) is 10.6 Å². The third-order valence-electron chi connectivity index (χ3n) is 5.64. The Labute approximate surface area is 194 Å². The lowest BCUT2D eigenvalue weighted by Gasteiger charge is -2.12. The maximum Gasteiger partial charge on any atom is 0.263 e. The van der Waals surface area contributed by atoms with Gasteiger partial charge in [0.2, 0.25) is 0 Å². The summed E-state index contributed by atoms with van der Waals surface area (Å²) in [5.41, 5.74) is 1.73. The van der Waals surface area contributed by atoms with E-state index in [-0.39, 0.29) is 11.1 Å². The predicted octanol–water partition coefficient (Wildman–Crippen LogP) is 4.34. The summed E-state index contributed by atoms with van der Waals surface area (Å²) in [7, 11) is 0. The molecule has 1 aliphatic rings. The summed E-state index contributed by atoms with van der Waals surface area (Å²) < 4.78 is 8.75. The highest BCUT2D eigenvalue weighted by Crippen LogP contribution is 2.35. The van der Waals surface area contributed by atoms with Crippen LogP contribution in [0.25, 0.3) is 15.2 Å². The summed E-state index contributed by atoms with van der Waals surface area (Å²) >= 11 is 4.49. The molecule has 0 unspecified atom stereocenters. The lowest BCUT2D eigenvalue weighted by Crippen LogP contribution is -2.24. The molecule has 0 saturated carbocycles. The first-order valence-corrected chi connectivity index (χ1v) is 13.0. The third-order valence-corrected chi connectivity index (χ3v) is 8.59. The molecule has 5 aromatic heterocycles. The molecule has 0 aromatic carbocycles. The van der Waals surface area contributed by atoms with E-state index in [1.165, 1.54) is 37.9 Å². The zero-order valence-electron chi connectivity index (χ0n) is 16.9. The molecule has 1 aliphatic carbocycles. The number of thioether (sulfide) groups is 1. The Hall–Kier alpha value is -2.69. The molecule has 0 aliphatic heterocycles. The molecule has 0 fully saturated rings. The Morgan fingerprint density at radius 2 is 2.09 bits per heavy atom. The first kappa shape index (κ1) is 20.0. The van der Waals surface area contributed by atoms with Gasteiger partial charge >= 0.3 is 0 Å². The highest BCUT2D eigenvalue weighted by molar-refractivity contribution is 7.98. The highest BCUT2D eigenvalue weighted by Gasteiger charge is 2.23. The molecule has 0 bridgehead atoms. The van der Waals surface area contributed by atoms with Crippen LogP contribution in [-0.4, -0.2) is 18.9 Å². The van der Waals surface area contributed by atoms with Gasteiger partial charge in [0.05, 0.1) is 23.9 Å². The van der Waals surface area contributed by atoms with Gasteiger partial charge in [-0.25, -0.2) is 9.97 Å². The second kappa shape index (κ2) is 8.02. The minimum atomic E-state index is -0.103. The van der Waals surface area contributed by atoms with E-state index in [0.717, 1.165) is 35.9 Å². The predicted molar refractivity (Wildman–Crippen MR) is 127 cm³/mol. The molecule has 0 saturated heterocycles. The van der Waals surface area contributed by atoms with Crippen LogP contribution < -0.4 is 11.1 Å². The standard InChI is InChI=1S/C22H18N4O3S3/c27-17-10-13(23-21-25(17)7-9-30-21)12-31-22-24-19-18(15-5-1-2-6-16(15)32-19)20(28)26(22)11-14-4-3-8-29-14/h3-4,7-10H,1-2,5-6,11-12H2. The quantitative estimate of drug-likeness (QED) is 0.274. The van der Waals surface area contributed by atoms with Gasteiger partial charge in [0.15, 0.2) is 10.1 Å². The lowest BCUT2D eigenvalue weighted by molar-refractivity contribution is 0.476. The van der Waals surface area contributed by atoms with E-state index in [1.54, 1.807) is 34.4 Å². The molecule has 0 N–H and O–H groups in total. The zero-order valence-corrected chi connectivity index (χ0v) is 19.4. The van der Waals surface area contributed by atoms with Crippen LogP contribution in [0.15, 0.2) is 55.2 Å². The van der Waals surface area contributed by atoms with Crippen molar-refractivity contribution in [1.29, 1.82) is 0 Å². The van der Waals surface area contributed by atoms with Crippen LogP contribution >= 0.6 is 34.4 Å². The monoisotopic (exact) mass is 482 g/mol. The van der Waals surface area contributed by atoms with Crippen molar-refractivity contribution in [3.8, 4) is 0 Å². The molecule has 7 nitrogen and oxygen atoms in total. The smallest absolute Gasteiger partial charge is 0.263 e. The van der Waals surface area contributed by atoms with E-state index in [0.29, 0.717) is 33.9 Å². The summed E-state index contributed by atoms with van der Waals surface area (Å²) in [5, 5.41) is 3.22. The number of fused-ring (bicyclic) bond motifs is 4. The molecule has 0 spiro atoms. The fraction of sp³-hybridized carbons (Fsp3) is 0.273. The molecular weight excluding hydrogens is 464 g/mol. The maximum absolute atomic E-state index is 13.6. The highest BCUT2D eigenvalue weighted by atomic mass is 32.2. The van der Waals surface area contributed by atoms with Crippen molar-refractivity contribution in [2.24, 2.45) is 0 Å². The Bertz CT molecular complexity index is 1560. The summed E-state index contributed by atoms with van der Waals surface area (Å²) in [6, 6.07) is 5.23. The molecule has 10 heteroatoms. The summed E-state index contributed by atoms with van der Waals surface area (Å²) in [4.78, 5) is 38.2. The second-order valence-corrected chi connectivity index (χ2v) is 10.6. The molecule has 0 atom stereocenters. The minimum Gasteiger partial charge on any atom is -0.467 e. The first-order valence-electron chi connectivity index (χ1n) is 10.3. The van der Waals surface area contributed by atoms with Crippen LogP contribution in [0.5, 0.6) is 0 Å². The number of thiophene rings is 1. The molecule has 0 amide bonds. The SMILES string of the molecule is O=c1c2c3c(sc2nc(SCc2cc(=O)n4ccsc4n2)n1Cc1ccco1)CCCC3. The third kappa shape index (κ3) is 3.42. The van der Waals surface area contributed by atoms with Gasteiger partial charge < -0.3 is 4.42 Å². The van der Waals surface area contributed by atoms with Crippen molar-refractivity contribution in [3.63, 3.8) is 0 Å². The van der Waals surface area contributed by atoms with Gasteiger partial charge in [0, 0.05) is 28.3 Å². The molecule has 5 aromatic rings. The van der Waals surface area contributed by atoms with Crippen LogP contribution in [0.1, 0.15) is 34.7 Å². The lowest BCUT2D eigenvalue weighted by atomic mass is 9.97. The zero-order chi connectivity index (χ0) is 21.7. The molecular formula is C22H18N4O3S3. The van der Waals surface area contributed by atoms with Crippen LogP contribution in [0, 0.1) is 0 Å². The van der Waals surface area contributed by atoms with Gasteiger partial charge in [-0.1, -0.05) is 11.8 Å². The fourth-order valence-electron chi connectivity index (χ4n) is 4.13. The van der Waals surface area contributed by atoms with Crippen molar-refractivity contribution in [1.82, 2.24) is 18.9 Å². The number of furan rings is 1. The molecule has 162 valence electrons. The first-order chi connectivity index (χ1) is 15.7. The van der Waals surface area contributed by atoms with E-state index < -0.39 is 0 Å². The van der Waals surface area contributed by atoms with Gasteiger partial charge in [-0.05, 0) is 43.4 Å². The Morgan fingerprint density at radius 3 is 2.97 bits per heavy atom. The van der Waals surface area contributed by atoms with Gasteiger partial charge in [-0.15, -0.1) is 22.7 Å². The Balaban J connectivity index is 1.43. The summed E-state index contributed by atoms with van der Waals surface area (Å²) in [6.07, 6.45) is 7.56. The second-order valence-electron chi connectivity index (χ2n) is 7.69. The number of rotatable bonds is 5. The molecule has 5 heterocycles. The Morgan fingerprint density at radius 1 is 1.19 bits per heavy atom. The Kier molecular flexibility index (Phi) is 5.00. The number of nitrogens with zero attached hydrogens (tertiary/aromatic N) is 4. The number of aromatic nitrogens is 4. The molecule has 6 rings (SSSR count). The summed E-state index contributed by atoms with van der Waals surface area (Å²) in [5.74, 6) is 1.15. The van der Waals surface area contributed by atoms with E-state index in [1.807, 2.05) is 17.5 Å². The number of aryl methyl sites for hydroxylation is 2. The van der Waals surface area contributed by atoms with E-state index in [2.05, 4.69) is 4.98 Å². The van der Waals surface area contributed by atoms with E-state index >= 15 is 0 Å². The van der Waals surface area contributed by atoms with Crippen molar-refractivity contribution < 1.29 is 4.42 Å². The fourth-order valence-corrected chi connectivity index (χ4v) is 7.06. The number of thiazole rings is 1. The topological polar surface area (TPSA) is 82.4 Å². The molecule has 0 radical (unpaired) electrons. The van der Waals surface area contributed by atoms with Gasteiger partial charge in [-0.3, -0.25) is 18.6 Å². The van der Waals surface area contributed by atoms with Crippen LogP contribution in [0.2, 0.25) is 0 Å². The summed E-state index contributed by atoms with van der Waals surface area (Å²) in [6.45, 7) is 0.321. The normalized spacial score (nSPS) is 13.8. The van der Waals surface area contributed by atoms with Crippen LogP contribution in [0.3, 0.4) is 0 Å². The van der Waals surface area contributed by atoms with Gasteiger partial charge in [-0.2, -0.15) is 0 Å². The average Bonchev–Trinajstić information content (AvgIpc) is 3.54. The maximum atomic E-state index is 13.6. The average molecular weight is 483 g/mol. The van der Waals surface area contributed by atoms with E-state index in [9.17, 15) is 9.59 Å². The minimum absolute atomic E-state index is 0.0185. The van der Waals surface area contributed by atoms with E-state index in [4.69, 9.17) is 9.40 Å². The number of hydrogen-bond acceptors (Lipinski definition) is 8. The van der Waals surface area contributed by atoms with Crippen LogP contribution in [0.4, 0.5) is 0 Å². The van der Waals surface area contributed by atoms with Crippen molar-refractivity contribution in [2.75, 3.05) is 0 Å². The number of hydrogen-bond donors (Lipinski definition) is 0. The van der Waals surface area contributed by atoms with Crippen molar-refractivity contribution in [3.05, 3.63) is 78.6 Å². The largest absolute Gasteiger partial charge is 0.467 e. The van der Waals surface area contributed by atoms with Crippen molar-refractivity contribution >= 4 is 49.6 Å². The van der Waals surface area contributed by atoms with Crippen LogP contribution in [-0.2, 0) is 25.1 Å². The van der Waals surface area contributed by atoms with Crippen molar-refractivity contribution in [2.45, 2.75) is 43.1 Å².